The first-order valence-electron chi connectivity index (χ1n) is 8.89. The molecule has 8 nitrogen and oxygen atoms in total. The highest BCUT2D eigenvalue weighted by molar-refractivity contribution is 7.99. The summed E-state index contributed by atoms with van der Waals surface area (Å²) in [5.74, 6) is 0.354. The average Bonchev–Trinajstić information content (AvgIpc) is 3.34. The predicted molar refractivity (Wildman–Crippen MR) is 122 cm³/mol. The number of thiophene rings is 1. The average molecular weight is 501 g/mol. The molecule has 0 saturated carbocycles. The number of hydrogen-bond acceptors (Lipinski definition) is 8. The van der Waals surface area contributed by atoms with Crippen LogP contribution in [0, 0.1) is 0 Å². The van der Waals surface area contributed by atoms with Crippen molar-refractivity contribution in [2.24, 2.45) is 7.05 Å². The van der Waals surface area contributed by atoms with Gasteiger partial charge in [0, 0.05) is 12.1 Å². The van der Waals surface area contributed by atoms with Crippen molar-refractivity contribution in [1.82, 2.24) is 14.8 Å². The van der Waals surface area contributed by atoms with Crippen LogP contribution in [0.25, 0.3) is 0 Å². The molecule has 0 spiro atoms. The number of aromatic nitrogens is 3. The lowest BCUT2D eigenvalue weighted by Gasteiger charge is -2.15. The minimum absolute atomic E-state index is 0.0860. The van der Waals surface area contributed by atoms with Gasteiger partial charge in [-0.3, -0.25) is 4.79 Å². The van der Waals surface area contributed by atoms with Crippen molar-refractivity contribution in [3.8, 4) is 5.75 Å². The quantitative estimate of drug-likeness (QED) is 0.349. The van der Waals surface area contributed by atoms with Crippen LogP contribution in [0.1, 0.15) is 29.2 Å². The van der Waals surface area contributed by atoms with E-state index in [0.29, 0.717) is 37.3 Å². The Hall–Kier alpha value is -2.27. The minimum atomic E-state index is -0.503. The molecular formula is C19H18Cl2N4O4S2. The predicted octanol–water partition coefficient (Wildman–Crippen LogP) is 4.84. The topological polar surface area (TPSA) is 95.3 Å². The Kier molecular flexibility index (Phi) is 7.82. The van der Waals surface area contributed by atoms with Gasteiger partial charge >= 0.3 is 5.97 Å². The smallest absolute Gasteiger partial charge is 0.340 e. The fraction of sp³-hybridized carbons (Fsp3) is 0.263. The van der Waals surface area contributed by atoms with E-state index < -0.39 is 12.1 Å². The molecule has 3 aromatic rings. The number of esters is 1. The number of amides is 1. The van der Waals surface area contributed by atoms with E-state index in [2.05, 4.69) is 15.5 Å². The highest BCUT2D eigenvalue weighted by Crippen LogP contribution is 2.31. The number of halogens is 2. The van der Waals surface area contributed by atoms with Gasteiger partial charge in [-0.15, -0.1) is 21.5 Å². The highest BCUT2D eigenvalue weighted by Gasteiger charge is 2.20. The number of nitrogens with one attached hydrogen (secondary N) is 1. The Morgan fingerprint density at radius 1 is 1.29 bits per heavy atom. The van der Waals surface area contributed by atoms with Crippen LogP contribution in [0.3, 0.4) is 0 Å². The third-order valence-electron chi connectivity index (χ3n) is 4.09. The molecule has 0 aliphatic heterocycles. The summed E-state index contributed by atoms with van der Waals surface area (Å²) in [5, 5.41) is 14.6. The molecule has 164 valence electrons. The molecule has 0 aliphatic rings. The zero-order chi connectivity index (χ0) is 22.5. The lowest BCUT2D eigenvalue weighted by Crippen LogP contribution is -2.16. The SMILES string of the molecule is COC(=O)c1ccsc1NC(=O)CSc1nnc(C(C)Oc2ccc(Cl)cc2Cl)n1C. The zero-order valence-corrected chi connectivity index (χ0v) is 19.9. The van der Waals surface area contributed by atoms with Gasteiger partial charge in [-0.05, 0) is 36.6 Å². The molecule has 0 bridgehead atoms. The molecule has 1 unspecified atom stereocenters. The summed E-state index contributed by atoms with van der Waals surface area (Å²) in [7, 11) is 3.08. The first-order valence-corrected chi connectivity index (χ1v) is 11.5. The second-order valence-corrected chi connectivity index (χ2v) is 8.93. The van der Waals surface area contributed by atoms with E-state index in [9.17, 15) is 9.59 Å². The van der Waals surface area contributed by atoms with Gasteiger partial charge < -0.3 is 19.4 Å². The lowest BCUT2D eigenvalue weighted by atomic mass is 10.3. The summed E-state index contributed by atoms with van der Waals surface area (Å²) in [4.78, 5) is 24.0. The van der Waals surface area contributed by atoms with Gasteiger partial charge in [-0.25, -0.2) is 4.79 Å². The number of carbonyl (C=O) groups excluding carboxylic acids is 2. The molecule has 3 rings (SSSR count). The van der Waals surface area contributed by atoms with Gasteiger partial charge in [-0.2, -0.15) is 0 Å². The highest BCUT2D eigenvalue weighted by atomic mass is 35.5. The molecule has 1 atom stereocenters. The summed E-state index contributed by atoms with van der Waals surface area (Å²) < 4.78 is 12.3. The number of ether oxygens (including phenoxy) is 2. The largest absolute Gasteiger partial charge is 0.481 e. The first kappa shape index (κ1) is 23.4. The minimum Gasteiger partial charge on any atom is -0.481 e. The van der Waals surface area contributed by atoms with E-state index in [1.165, 1.54) is 30.2 Å². The number of rotatable bonds is 8. The van der Waals surface area contributed by atoms with Crippen molar-refractivity contribution in [3.63, 3.8) is 0 Å². The molecule has 1 amide bonds. The Morgan fingerprint density at radius 2 is 2.06 bits per heavy atom. The lowest BCUT2D eigenvalue weighted by molar-refractivity contribution is -0.113. The maximum absolute atomic E-state index is 12.3. The van der Waals surface area contributed by atoms with Gasteiger partial charge in [0.05, 0.1) is 23.4 Å². The van der Waals surface area contributed by atoms with Gasteiger partial charge in [0.2, 0.25) is 5.91 Å². The van der Waals surface area contributed by atoms with Gasteiger partial charge in [0.25, 0.3) is 0 Å². The van der Waals surface area contributed by atoms with Crippen molar-refractivity contribution in [3.05, 3.63) is 51.1 Å². The van der Waals surface area contributed by atoms with Gasteiger partial charge in [-0.1, -0.05) is 35.0 Å². The summed E-state index contributed by atoms with van der Waals surface area (Å²) in [6.07, 6.45) is -0.437. The van der Waals surface area contributed by atoms with E-state index in [4.69, 9.17) is 32.7 Å². The molecule has 0 aliphatic carbocycles. The molecule has 2 aromatic heterocycles. The number of benzene rings is 1. The van der Waals surface area contributed by atoms with Gasteiger partial charge in [0.15, 0.2) is 17.1 Å². The molecular weight excluding hydrogens is 483 g/mol. The number of nitrogens with zero attached hydrogens (tertiary/aromatic N) is 3. The summed E-state index contributed by atoms with van der Waals surface area (Å²) in [5.41, 5.74) is 0.318. The van der Waals surface area contributed by atoms with E-state index in [1.54, 1.807) is 41.3 Å². The zero-order valence-electron chi connectivity index (χ0n) is 16.7. The van der Waals surface area contributed by atoms with E-state index in [0.717, 1.165) is 0 Å². The van der Waals surface area contributed by atoms with Crippen molar-refractivity contribution in [2.45, 2.75) is 18.2 Å². The van der Waals surface area contributed by atoms with Crippen LogP contribution in [0.4, 0.5) is 5.00 Å². The molecule has 2 heterocycles. The van der Waals surface area contributed by atoms with E-state index >= 15 is 0 Å². The molecule has 0 saturated heterocycles. The normalized spacial score (nSPS) is 11.8. The molecule has 0 radical (unpaired) electrons. The Labute approximate surface area is 196 Å². The third kappa shape index (κ3) is 5.70. The monoisotopic (exact) mass is 500 g/mol. The third-order valence-corrected chi connectivity index (χ3v) is 6.47. The fourth-order valence-corrected chi connectivity index (χ4v) is 4.55. The summed E-state index contributed by atoms with van der Waals surface area (Å²) in [6, 6.07) is 6.57. The number of carbonyl (C=O) groups is 2. The molecule has 1 N–H and O–H groups in total. The van der Waals surface area contributed by atoms with E-state index in [1.807, 2.05) is 6.92 Å². The maximum Gasteiger partial charge on any atom is 0.340 e. The van der Waals surface area contributed by atoms with Crippen LogP contribution < -0.4 is 10.1 Å². The van der Waals surface area contributed by atoms with Crippen molar-refractivity contribution in [2.75, 3.05) is 18.2 Å². The number of hydrogen-bond donors (Lipinski definition) is 1. The standard InChI is InChI=1S/C19H18Cl2N4O4S2/c1-10(29-14-5-4-11(20)8-13(14)21)16-23-24-19(25(16)2)31-9-15(26)22-17-12(6-7-30-17)18(27)28-3/h4-8,10H,9H2,1-3H3,(H,22,26). The molecule has 0 fully saturated rings. The maximum atomic E-state index is 12.3. The molecule has 12 heteroatoms. The Bertz CT molecular complexity index is 1100. The Balaban J connectivity index is 1.60. The second kappa shape index (κ2) is 10.4. The van der Waals surface area contributed by atoms with Crippen molar-refractivity contribution < 1.29 is 19.1 Å². The number of methoxy groups -OCH3 is 1. The van der Waals surface area contributed by atoms with Crippen molar-refractivity contribution in [1.29, 1.82) is 0 Å². The van der Waals surface area contributed by atoms with Gasteiger partial charge in [0.1, 0.15) is 10.8 Å². The van der Waals surface area contributed by atoms with Crippen LogP contribution in [0.5, 0.6) is 5.75 Å². The molecule has 31 heavy (non-hydrogen) atoms. The Morgan fingerprint density at radius 3 is 2.77 bits per heavy atom. The summed E-state index contributed by atoms with van der Waals surface area (Å²) >= 11 is 14.5. The van der Waals surface area contributed by atoms with Crippen LogP contribution in [0.15, 0.2) is 34.8 Å². The number of thioether (sulfide) groups is 1. The second-order valence-electron chi connectivity index (χ2n) is 6.23. The number of anilines is 1. The van der Waals surface area contributed by atoms with E-state index in [-0.39, 0.29) is 11.7 Å². The van der Waals surface area contributed by atoms with Crippen molar-refractivity contribution >= 4 is 63.2 Å². The fourth-order valence-electron chi connectivity index (χ4n) is 2.59. The van der Waals surface area contributed by atoms with Crippen LogP contribution in [-0.2, 0) is 16.6 Å². The van der Waals surface area contributed by atoms with Crippen LogP contribution in [-0.4, -0.2) is 39.5 Å². The van der Waals surface area contributed by atoms with Crippen LogP contribution in [0.2, 0.25) is 10.0 Å². The van der Waals surface area contributed by atoms with Crippen LogP contribution >= 0.6 is 46.3 Å². The summed E-state index contributed by atoms with van der Waals surface area (Å²) in [6.45, 7) is 1.82. The molecule has 1 aromatic carbocycles. The first-order chi connectivity index (χ1) is 14.8.